The summed E-state index contributed by atoms with van der Waals surface area (Å²) in [4.78, 5) is 108. The van der Waals surface area contributed by atoms with Crippen LogP contribution in [0.3, 0.4) is 0 Å². The molecule has 14 atom stereocenters. The smallest absolute Gasteiger partial charge is 0.408 e. The Balaban J connectivity index is 0.708. The third-order valence-corrected chi connectivity index (χ3v) is 21.4. The first-order valence-corrected chi connectivity index (χ1v) is 35.1. The minimum atomic E-state index is -2.37. The van der Waals surface area contributed by atoms with Gasteiger partial charge in [0.25, 0.3) is 0 Å². The Morgan fingerprint density at radius 3 is 2.40 bits per heavy atom. The lowest BCUT2D eigenvalue weighted by Crippen LogP contribution is -2.71. The first kappa shape index (κ1) is 76.7. The third kappa shape index (κ3) is 16.8. The highest BCUT2D eigenvalue weighted by atomic mass is 19.1. The van der Waals surface area contributed by atoms with Crippen LogP contribution >= 0.6 is 0 Å². The van der Waals surface area contributed by atoms with Gasteiger partial charge in [-0.3, -0.25) is 39.4 Å². The number of anilines is 1. The molecule has 2 aliphatic heterocycles. The number of nitrogens with zero attached hydrogens (tertiary/aromatic N) is 1. The molecule has 23 nitrogen and oxygen atoms in total. The number of ether oxygens (including phenoxy) is 5. The van der Waals surface area contributed by atoms with Gasteiger partial charge in [-0.15, -0.1) is 0 Å². The number of carbonyl (C=O) groups excluding carboxylic acids is 8. The van der Waals surface area contributed by atoms with E-state index in [1.54, 1.807) is 43.9 Å². The van der Waals surface area contributed by atoms with Crippen molar-refractivity contribution in [2.24, 2.45) is 40.2 Å². The average molecular weight is 1390 g/mol. The number of nitrogens with one attached hydrogen (secondary N) is 6. The molecular weight excluding hydrogens is 1290 g/mol. The number of para-hydroxylation sites is 1. The molecule has 0 spiro atoms. The van der Waals surface area contributed by atoms with E-state index in [4.69, 9.17) is 29.4 Å². The van der Waals surface area contributed by atoms with Gasteiger partial charge in [-0.25, -0.2) is 18.4 Å². The van der Waals surface area contributed by atoms with Crippen molar-refractivity contribution in [3.63, 3.8) is 0 Å². The molecule has 3 saturated carbocycles. The van der Waals surface area contributed by atoms with Crippen LogP contribution in [0, 0.1) is 34.5 Å². The molecule has 2 heterocycles. The molecule has 7 aliphatic rings. The summed E-state index contributed by atoms with van der Waals surface area (Å²) in [5.41, 5.74) is 1.93. The Morgan fingerprint density at radius 2 is 1.68 bits per heavy atom. The molecule has 2 aromatic rings. The molecule has 7 amide bonds. The quantitative estimate of drug-likeness (QED) is 0.0262. The van der Waals surface area contributed by atoms with Gasteiger partial charge in [0.05, 0.1) is 55.2 Å². The van der Waals surface area contributed by atoms with E-state index in [2.05, 4.69) is 38.0 Å². The number of amides is 7. The summed E-state index contributed by atoms with van der Waals surface area (Å²) >= 11 is 0. The van der Waals surface area contributed by atoms with Gasteiger partial charge in [-0.2, -0.15) is 0 Å². The van der Waals surface area contributed by atoms with E-state index in [9.17, 15) is 48.6 Å². The number of Topliss-reactive ketones (excluding diaryl/α,β-unsaturated/α-hetero) is 1. The number of primary amides is 1. The number of rotatable bonds is 30. The minimum Gasteiger partial charge on any atom is -0.449 e. The van der Waals surface area contributed by atoms with Gasteiger partial charge in [0.1, 0.15) is 25.7 Å². The van der Waals surface area contributed by atoms with Crippen molar-refractivity contribution in [1.29, 1.82) is 0 Å². The number of benzene rings is 2. The number of hydrogen-bond donors (Lipinski definition) is 9. The normalized spacial score (nSPS) is 28.8. The van der Waals surface area contributed by atoms with Crippen LogP contribution in [-0.2, 0) is 59.0 Å². The van der Waals surface area contributed by atoms with Gasteiger partial charge in [0, 0.05) is 65.5 Å². The zero-order valence-electron chi connectivity index (χ0n) is 59.2. The summed E-state index contributed by atoms with van der Waals surface area (Å²) in [5, 5.41) is 40.4. The molecule has 0 aromatic heterocycles. The van der Waals surface area contributed by atoms with Gasteiger partial charge < -0.3 is 65.8 Å². The van der Waals surface area contributed by atoms with E-state index >= 15 is 8.78 Å². The predicted octanol–water partition coefficient (Wildman–Crippen LogP) is 8.26. The van der Waals surface area contributed by atoms with Crippen LogP contribution in [0.15, 0.2) is 96.3 Å². The second-order valence-corrected chi connectivity index (χ2v) is 29.9. The first-order chi connectivity index (χ1) is 47.2. The number of halogens is 2. The number of carbonyl (C=O) groups is 8. The number of fused-ring (bicyclic) bond motifs is 9. The van der Waals surface area contributed by atoms with Crippen LogP contribution in [0.2, 0.25) is 0 Å². The molecule has 2 aromatic carbocycles. The maximum Gasteiger partial charge on any atom is 0.408 e. The monoisotopic (exact) mass is 1390 g/mol. The van der Waals surface area contributed by atoms with E-state index in [0.29, 0.717) is 37.9 Å². The molecule has 4 unspecified atom stereocenters. The number of aliphatic hydroxyl groups excluding tert-OH is 2. The maximum absolute atomic E-state index is 17.9. The molecule has 25 heteroatoms. The molecule has 10 N–H and O–H groups in total. The van der Waals surface area contributed by atoms with Gasteiger partial charge >= 0.3 is 12.1 Å². The summed E-state index contributed by atoms with van der Waals surface area (Å²) in [6, 6.07) is 13.1. The average Bonchev–Trinajstić information content (AvgIpc) is 1.41. The Bertz CT molecular complexity index is 3560. The number of alkyl halides is 2. The van der Waals surface area contributed by atoms with Crippen LogP contribution in [0.5, 0.6) is 0 Å². The number of allylic oxidation sites excluding steroid dienone is 7. The molecular formula is C75H102F2N8O15. The summed E-state index contributed by atoms with van der Waals surface area (Å²) in [6.45, 7) is 17.7. The summed E-state index contributed by atoms with van der Waals surface area (Å²) in [5.74, 6) is -4.74. The fourth-order valence-electron chi connectivity index (χ4n) is 16.1. The van der Waals surface area contributed by atoms with E-state index in [0.717, 1.165) is 34.0 Å². The summed E-state index contributed by atoms with van der Waals surface area (Å²) in [6.07, 6.45) is 5.54. The Hall–Kier alpha value is -7.52. The SMILES string of the molecule is CCCC1O[C@@H]2CC3[C@@H]4C[C@H](F)C5=CC(=O)C=C[C@]5(C)[C@@]4(F)[C@@H](O)C[C@]3(C)[C@]2(C(=O)COCNC(=O)OCC2C=CC(NC(=O)[C@H](CCCNC(N)=O)NC(O)[C@@H](NC(=O)CC(C)(C)OCCC(C)(C)NC(=O)CCC(=O)N3Cc4ccccc4/C=C(/C)c4ccccc43)C(C)C)=CC2)O1. The number of nitrogens with two attached hydrogens (primary N) is 1. The molecule has 100 heavy (non-hydrogen) atoms. The van der Waals surface area contributed by atoms with Crippen molar-refractivity contribution in [3.8, 4) is 0 Å². The summed E-state index contributed by atoms with van der Waals surface area (Å²) in [7, 11) is 0. The van der Waals surface area contributed by atoms with Crippen molar-refractivity contribution < 1.29 is 81.0 Å². The van der Waals surface area contributed by atoms with Crippen LogP contribution in [0.25, 0.3) is 11.6 Å². The highest BCUT2D eigenvalue weighted by Gasteiger charge is 2.80. The molecule has 4 fully saturated rings. The predicted molar refractivity (Wildman–Crippen MR) is 370 cm³/mol. The van der Waals surface area contributed by atoms with Crippen molar-refractivity contribution in [3.05, 3.63) is 113 Å². The van der Waals surface area contributed by atoms with E-state index in [1.807, 2.05) is 90.1 Å². The zero-order chi connectivity index (χ0) is 72.7. The fraction of sp³-hybridized carbons (Fsp3) is 0.600. The topological polar surface area (TPSA) is 325 Å². The Morgan fingerprint density at radius 1 is 0.940 bits per heavy atom. The van der Waals surface area contributed by atoms with Crippen LogP contribution in [0.1, 0.15) is 163 Å². The third-order valence-electron chi connectivity index (χ3n) is 21.4. The lowest BCUT2D eigenvalue weighted by Gasteiger charge is -2.63. The Labute approximate surface area is 584 Å². The highest BCUT2D eigenvalue weighted by molar-refractivity contribution is 6.02. The number of ketones is 2. The van der Waals surface area contributed by atoms with Crippen LogP contribution < -0.4 is 42.5 Å². The van der Waals surface area contributed by atoms with Gasteiger partial charge in [-0.1, -0.05) is 101 Å². The fourth-order valence-corrected chi connectivity index (χ4v) is 16.1. The minimum absolute atomic E-state index is 0.00161. The summed E-state index contributed by atoms with van der Waals surface area (Å²) < 4.78 is 64.5. The second-order valence-electron chi connectivity index (χ2n) is 29.9. The standard InChI is InChI=1S/C75H102F2N8O15/c1-11-17-64-99-60-37-52-53-36-55(76)54-35-50(86)29-30-72(54,9)74(53,77)58(87)38-73(52,10)75(60,100-64)59(88)42-96-43-80-69(95)97-41-46-23-25-49(26-24-46)81-66(92)56(21-16-32-79-68(78)94)82-67(93)65(44(2)3)83-62(90)39-71(7,8)98-33-31-70(5,6)84-61(89)27-28-63(91)85-40-48-19-13-12-18-47(48)34-45(4)51-20-14-15-22-57(51)85/h12-15,18-20,22-23,25-26,29-30,34-35,44,46,52-53,55-56,58,60,64-65,67,82,87,93H,11,16-17,21,24,27-28,31-33,36-43H2,1-10H3,(H,80,95)(H,81,92)(H,83,90)(H,84,89)(H3,78,79,94)/b45-34-/t46?,52?,53-,55-,56-,58-,60+,64?,65-,67?,72-,73-,74-,75+/m0/s1. The van der Waals surface area contributed by atoms with Crippen LogP contribution in [0.4, 0.5) is 24.1 Å². The molecule has 0 bridgehead atoms. The van der Waals surface area contributed by atoms with Crippen molar-refractivity contribution in [2.75, 3.05) is 38.0 Å². The van der Waals surface area contributed by atoms with Crippen molar-refractivity contribution in [2.45, 2.75) is 218 Å². The van der Waals surface area contributed by atoms with Crippen molar-refractivity contribution >= 4 is 64.7 Å². The largest absolute Gasteiger partial charge is 0.449 e. The van der Waals surface area contributed by atoms with E-state index < -0.39 is 137 Å². The van der Waals surface area contributed by atoms with Crippen molar-refractivity contribution in [1.82, 2.24) is 31.9 Å². The molecule has 5 aliphatic carbocycles. The number of aliphatic hydroxyl groups is 2. The molecule has 0 radical (unpaired) electrons. The second kappa shape index (κ2) is 31.8. The number of urea groups is 1. The van der Waals surface area contributed by atoms with Crippen LogP contribution in [-0.4, -0.2) is 156 Å². The Kier molecular flexibility index (Phi) is 24.4. The molecule has 1 saturated heterocycles. The molecule has 546 valence electrons. The van der Waals surface area contributed by atoms with Gasteiger partial charge in [0.2, 0.25) is 23.6 Å². The van der Waals surface area contributed by atoms with E-state index in [-0.39, 0.29) is 100 Å². The number of hydrogen-bond acceptors (Lipinski definition) is 16. The molecule has 9 rings (SSSR count). The maximum atomic E-state index is 17.9. The highest BCUT2D eigenvalue weighted by Crippen LogP contribution is 2.72. The van der Waals surface area contributed by atoms with Gasteiger partial charge in [0.15, 0.2) is 29.1 Å². The number of alkyl carbamates (subject to hydrolysis) is 1. The lowest BCUT2D eigenvalue weighted by atomic mass is 9.44. The van der Waals surface area contributed by atoms with E-state index in [1.165, 1.54) is 19.1 Å². The van der Waals surface area contributed by atoms with Gasteiger partial charge in [-0.05, 0) is 151 Å². The zero-order valence-corrected chi connectivity index (χ0v) is 59.2. The first-order valence-electron chi connectivity index (χ1n) is 35.1. The lowest BCUT2D eigenvalue weighted by molar-refractivity contribution is -0.235.